The van der Waals surface area contributed by atoms with Crippen molar-refractivity contribution in [1.29, 1.82) is 0 Å². The van der Waals surface area contributed by atoms with Crippen LogP contribution in [-0.2, 0) is 15.3 Å². The molecule has 2 rings (SSSR count). The van der Waals surface area contributed by atoms with Crippen LogP contribution in [0.25, 0.3) is 0 Å². The second kappa shape index (κ2) is 7.50. The summed E-state index contributed by atoms with van der Waals surface area (Å²) in [7, 11) is 0. The van der Waals surface area contributed by atoms with Crippen molar-refractivity contribution in [2.45, 2.75) is 43.4 Å². The molecule has 0 atom stereocenters. The van der Waals surface area contributed by atoms with Crippen LogP contribution in [0.15, 0.2) is 30.3 Å². The van der Waals surface area contributed by atoms with Gasteiger partial charge in [-0.15, -0.1) is 0 Å². The molecular formula is C16H21NO3S. The van der Waals surface area contributed by atoms with Crippen molar-refractivity contribution in [3.8, 4) is 0 Å². The van der Waals surface area contributed by atoms with Crippen LogP contribution in [0.3, 0.4) is 0 Å². The zero-order valence-corrected chi connectivity index (χ0v) is 12.8. The van der Waals surface area contributed by atoms with Crippen LogP contribution in [0.1, 0.15) is 37.7 Å². The van der Waals surface area contributed by atoms with E-state index >= 15 is 0 Å². The number of rotatable bonds is 7. The molecule has 0 heterocycles. The first-order chi connectivity index (χ1) is 10.1. The van der Waals surface area contributed by atoms with Crippen LogP contribution in [0.4, 0.5) is 0 Å². The van der Waals surface area contributed by atoms with Gasteiger partial charge in [0.15, 0.2) is 0 Å². The summed E-state index contributed by atoms with van der Waals surface area (Å²) in [5, 5.41) is 12.1. The fourth-order valence-corrected chi connectivity index (χ4v) is 3.53. The summed E-state index contributed by atoms with van der Waals surface area (Å²) < 4.78 is 0. The summed E-state index contributed by atoms with van der Waals surface area (Å²) in [4.78, 5) is 23.3. The van der Waals surface area contributed by atoms with E-state index in [0.29, 0.717) is 25.0 Å². The molecule has 0 aromatic heterocycles. The molecule has 0 bridgehead atoms. The molecule has 21 heavy (non-hydrogen) atoms. The fourth-order valence-electron chi connectivity index (χ4n) is 2.63. The summed E-state index contributed by atoms with van der Waals surface area (Å²) in [6.07, 6.45) is 3.20. The maximum absolute atomic E-state index is 11.9. The van der Waals surface area contributed by atoms with Gasteiger partial charge in [0.25, 0.3) is 0 Å². The van der Waals surface area contributed by atoms with Crippen molar-refractivity contribution in [2.75, 3.05) is 5.75 Å². The number of amides is 1. The van der Waals surface area contributed by atoms with Gasteiger partial charge < -0.3 is 10.4 Å². The molecule has 0 unspecified atom stereocenters. The minimum Gasteiger partial charge on any atom is -0.480 e. The van der Waals surface area contributed by atoms with Crippen molar-refractivity contribution in [2.24, 2.45) is 0 Å². The molecule has 1 amide bonds. The second-order valence-electron chi connectivity index (χ2n) is 5.43. The van der Waals surface area contributed by atoms with Crippen LogP contribution in [0.5, 0.6) is 0 Å². The third-order valence-electron chi connectivity index (χ3n) is 3.83. The maximum atomic E-state index is 11.9. The van der Waals surface area contributed by atoms with Crippen molar-refractivity contribution >= 4 is 23.6 Å². The van der Waals surface area contributed by atoms with E-state index in [9.17, 15) is 14.7 Å². The van der Waals surface area contributed by atoms with Crippen LogP contribution in [0.2, 0.25) is 0 Å². The molecule has 1 aliphatic carbocycles. The molecular weight excluding hydrogens is 286 g/mol. The van der Waals surface area contributed by atoms with Gasteiger partial charge in [-0.2, -0.15) is 11.8 Å². The monoisotopic (exact) mass is 307 g/mol. The molecule has 2 N–H and O–H groups in total. The van der Waals surface area contributed by atoms with E-state index in [1.54, 1.807) is 11.8 Å². The van der Waals surface area contributed by atoms with Gasteiger partial charge in [0.1, 0.15) is 5.54 Å². The molecule has 1 fully saturated rings. The Hall–Kier alpha value is -1.49. The Morgan fingerprint density at radius 2 is 1.86 bits per heavy atom. The first-order valence-electron chi connectivity index (χ1n) is 7.28. The lowest BCUT2D eigenvalue weighted by molar-refractivity contribution is -0.147. The molecule has 114 valence electrons. The molecule has 4 nitrogen and oxygen atoms in total. The summed E-state index contributed by atoms with van der Waals surface area (Å²) in [5.74, 6) is 0.527. The van der Waals surface area contributed by atoms with E-state index in [-0.39, 0.29) is 5.91 Å². The smallest absolute Gasteiger partial charge is 0.329 e. The highest BCUT2D eigenvalue weighted by molar-refractivity contribution is 7.98. The lowest BCUT2D eigenvalue weighted by Gasteiger charge is -2.25. The highest BCUT2D eigenvalue weighted by Gasteiger charge is 2.42. The summed E-state index contributed by atoms with van der Waals surface area (Å²) in [5.41, 5.74) is 0.224. The number of benzene rings is 1. The number of carbonyl (C=O) groups is 2. The molecule has 1 aromatic carbocycles. The Bertz CT molecular complexity index is 484. The largest absolute Gasteiger partial charge is 0.480 e. The first kappa shape index (κ1) is 15.9. The van der Waals surface area contributed by atoms with Gasteiger partial charge in [-0.1, -0.05) is 43.2 Å². The number of thioether (sulfide) groups is 1. The standard InChI is InChI=1S/C16H21NO3S/c18-14(17-16(15(19)20)9-4-5-10-16)8-11-21-12-13-6-2-1-3-7-13/h1-3,6-7H,4-5,8-12H2,(H,17,18)(H,19,20). The van der Waals surface area contributed by atoms with Gasteiger partial charge in [0.2, 0.25) is 5.91 Å². The van der Waals surface area contributed by atoms with Crippen molar-refractivity contribution < 1.29 is 14.7 Å². The summed E-state index contributed by atoms with van der Waals surface area (Å²) in [6, 6.07) is 10.1. The minimum absolute atomic E-state index is 0.153. The SMILES string of the molecule is O=C(CCSCc1ccccc1)NC1(C(=O)O)CCCC1. The Morgan fingerprint density at radius 3 is 2.48 bits per heavy atom. The topological polar surface area (TPSA) is 66.4 Å². The molecule has 0 saturated heterocycles. The summed E-state index contributed by atoms with van der Waals surface area (Å²) >= 11 is 1.69. The quantitative estimate of drug-likeness (QED) is 0.760. The van der Waals surface area contributed by atoms with E-state index in [2.05, 4.69) is 17.4 Å². The Kier molecular flexibility index (Phi) is 5.67. The van der Waals surface area contributed by atoms with Gasteiger partial charge >= 0.3 is 5.97 Å². The lowest BCUT2D eigenvalue weighted by atomic mass is 9.98. The van der Waals surface area contributed by atoms with E-state index in [1.807, 2.05) is 18.2 Å². The van der Waals surface area contributed by atoms with E-state index < -0.39 is 11.5 Å². The summed E-state index contributed by atoms with van der Waals surface area (Å²) in [6.45, 7) is 0. The normalized spacial score (nSPS) is 16.6. The third kappa shape index (κ3) is 4.49. The Balaban J connectivity index is 1.71. The predicted molar refractivity (Wildman–Crippen MR) is 84.2 cm³/mol. The van der Waals surface area contributed by atoms with Crippen LogP contribution >= 0.6 is 11.8 Å². The van der Waals surface area contributed by atoms with Gasteiger partial charge in [-0.3, -0.25) is 4.79 Å². The fraction of sp³-hybridized carbons (Fsp3) is 0.500. The third-order valence-corrected chi connectivity index (χ3v) is 4.86. The highest BCUT2D eigenvalue weighted by Crippen LogP contribution is 2.30. The van der Waals surface area contributed by atoms with E-state index in [4.69, 9.17) is 0 Å². The van der Waals surface area contributed by atoms with Crippen molar-refractivity contribution in [3.63, 3.8) is 0 Å². The molecule has 1 aliphatic rings. The molecule has 0 aliphatic heterocycles. The number of hydrogen-bond acceptors (Lipinski definition) is 3. The number of carboxylic acid groups (broad SMARTS) is 1. The number of aliphatic carboxylic acids is 1. The zero-order valence-electron chi connectivity index (χ0n) is 12.0. The number of nitrogens with one attached hydrogen (secondary N) is 1. The number of hydrogen-bond donors (Lipinski definition) is 2. The van der Waals surface area contributed by atoms with Gasteiger partial charge in [-0.25, -0.2) is 4.79 Å². The molecule has 0 spiro atoms. The van der Waals surface area contributed by atoms with Crippen LogP contribution < -0.4 is 5.32 Å². The molecule has 5 heteroatoms. The molecule has 1 aromatic rings. The van der Waals surface area contributed by atoms with E-state index in [1.165, 1.54) is 5.56 Å². The number of carbonyl (C=O) groups excluding carboxylic acids is 1. The molecule has 0 radical (unpaired) electrons. The molecule has 1 saturated carbocycles. The lowest BCUT2D eigenvalue weighted by Crippen LogP contribution is -2.52. The Labute approximate surface area is 129 Å². The van der Waals surface area contributed by atoms with Crippen LogP contribution in [-0.4, -0.2) is 28.3 Å². The number of carboxylic acids is 1. The van der Waals surface area contributed by atoms with Crippen LogP contribution in [0, 0.1) is 0 Å². The van der Waals surface area contributed by atoms with E-state index in [0.717, 1.165) is 18.6 Å². The zero-order chi connectivity index (χ0) is 15.1. The highest BCUT2D eigenvalue weighted by atomic mass is 32.2. The minimum atomic E-state index is -1.01. The average molecular weight is 307 g/mol. The average Bonchev–Trinajstić information content (AvgIpc) is 2.94. The van der Waals surface area contributed by atoms with Gasteiger partial charge in [0.05, 0.1) is 0 Å². The Morgan fingerprint density at radius 1 is 1.19 bits per heavy atom. The second-order valence-corrected chi connectivity index (χ2v) is 6.54. The maximum Gasteiger partial charge on any atom is 0.329 e. The van der Waals surface area contributed by atoms with Gasteiger partial charge in [0, 0.05) is 17.9 Å². The van der Waals surface area contributed by atoms with Crippen molar-refractivity contribution in [3.05, 3.63) is 35.9 Å². The first-order valence-corrected chi connectivity index (χ1v) is 8.44. The predicted octanol–water partition coefficient (Wildman–Crippen LogP) is 2.82. The van der Waals surface area contributed by atoms with Gasteiger partial charge in [-0.05, 0) is 18.4 Å². The van der Waals surface area contributed by atoms with Crippen molar-refractivity contribution in [1.82, 2.24) is 5.32 Å².